The molecule has 0 aliphatic heterocycles. The van der Waals surface area contributed by atoms with Crippen LogP contribution in [0.5, 0.6) is 5.75 Å². The van der Waals surface area contributed by atoms with Gasteiger partial charge in [-0.2, -0.15) is 0 Å². The molecule has 0 saturated heterocycles. The highest BCUT2D eigenvalue weighted by molar-refractivity contribution is 5.80. The summed E-state index contributed by atoms with van der Waals surface area (Å²) in [7, 11) is 1.25. The van der Waals surface area contributed by atoms with Gasteiger partial charge in [0, 0.05) is 0 Å². The van der Waals surface area contributed by atoms with Crippen LogP contribution in [0, 0.1) is 5.92 Å². The molecule has 1 atom stereocenters. The molecular formula is C13H14F3NO3. The highest BCUT2D eigenvalue weighted by Crippen LogP contribution is 2.37. The van der Waals surface area contributed by atoms with Crippen LogP contribution in [0.2, 0.25) is 0 Å². The summed E-state index contributed by atoms with van der Waals surface area (Å²) in [5.41, 5.74) is 0.118. The predicted octanol–water partition coefficient (Wildman–Crippen LogP) is 2.95. The van der Waals surface area contributed by atoms with Gasteiger partial charge in [-0.25, -0.2) is 4.79 Å². The lowest BCUT2D eigenvalue weighted by Gasteiger charge is -2.20. The van der Waals surface area contributed by atoms with Crippen LogP contribution in [-0.4, -0.2) is 25.5 Å². The summed E-state index contributed by atoms with van der Waals surface area (Å²) in [5.74, 6) is -0.773. The molecule has 0 heterocycles. The Balaban J connectivity index is 2.17. The van der Waals surface area contributed by atoms with Gasteiger partial charge in [-0.1, -0.05) is 12.1 Å². The molecule has 1 aromatic carbocycles. The Bertz CT molecular complexity index is 486. The number of methoxy groups -OCH3 is 1. The number of carbonyl (C=O) groups is 1. The number of hydrogen-bond donors (Lipinski definition) is 1. The van der Waals surface area contributed by atoms with Crippen molar-refractivity contribution < 1.29 is 27.4 Å². The van der Waals surface area contributed by atoms with E-state index in [9.17, 15) is 18.0 Å². The first kappa shape index (κ1) is 14.5. The quantitative estimate of drug-likeness (QED) is 0.847. The number of hydrogen-bond acceptors (Lipinski definition) is 4. The second kappa shape index (κ2) is 5.60. The molecule has 0 bridgehead atoms. The Labute approximate surface area is 113 Å². The summed E-state index contributed by atoms with van der Waals surface area (Å²) in [5, 5.41) is 2.78. The van der Waals surface area contributed by atoms with Gasteiger partial charge in [-0.05, 0) is 30.9 Å². The number of carbonyl (C=O) groups excluding carboxylic acids is 1. The van der Waals surface area contributed by atoms with E-state index in [4.69, 9.17) is 0 Å². The van der Waals surface area contributed by atoms with E-state index in [1.54, 1.807) is 6.07 Å². The van der Waals surface area contributed by atoms with E-state index in [0.717, 1.165) is 12.8 Å². The number of benzene rings is 1. The van der Waals surface area contributed by atoms with E-state index in [-0.39, 0.29) is 17.4 Å². The maximum atomic E-state index is 12.3. The summed E-state index contributed by atoms with van der Waals surface area (Å²) in [6.07, 6.45) is -3.09. The second-order valence-electron chi connectivity index (χ2n) is 4.53. The average Bonchev–Trinajstić information content (AvgIpc) is 3.19. The fourth-order valence-electron chi connectivity index (χ4n) is 1.89. The van der Waals surface area contributed by atoms with Crippen LogP contribution in [0.15, 0.2) is 24.3 Å². The van der Waals surface area contributed by atoms with Crippen LogP contribution in [-0.2, 0) is 9.53 Å². The molecule has 1 N–H and O–H groups in total. The zero-order chi connectivity index (χ0) is 14.8. The van der Waals surface area contributed by atoms with Crippen LogP contribution in [0.3, 0.4) is 0 Å². The third-order valence-electron chi connectivity index (χ3n) is 2.97. The molecule has 7 heteroatoms. The van der Waals surface area contributed by atoms with E-state index in [1.165, 1.54) is 25.3 Å². The van der Waals surface area contributed by atoms with E-state index >= 15 is 0 Å². The van der Waals surface area contributed by atoms with Crippen molar-refractivity contribution in [2.24, 2.45) is 5.92 Å². The van der Waals surface area contributed by atoms with Gasteiger partial charge >= 0.3 is 12.3 Å². The topological polar surface area (TPSA) is 47.6 Å². The first-order chi connectivity index (χ1) is 9.40. The number of anilines is 1. The summed E-state index contributed by atoms with van der Waals surface area (Å²) in [4.78, 5) is 11.6. The van der Waals surface area contributed by atoms with Crippen LogP contribution in [0.1, 0.15) is 12.8 Å². The minimum absolute atomic E-state index is 0.0846. The van der Waals surface area contributed by atoms with Crippen LogP contribution in [0.25, 0.3) is 0 Å². The van der Waals surface area contributed by atoms with Crippen molar-refractivity contribution in [3.8, 4) is 5.75 Å². The maximum Gasteiger partial charge on any atom is 0.573 e. The second-order valence-corrected chi connectivity index (χ2v) is 4.53. The molecular weight excluding hydrogens is 275 g/mol. The molecule has 0 radical (unpaired) electrons. The lowest BCUT2D eigenvalue weighted by Crippen LogP contribution is -2.33. The fourth-order valence-corrected chi connectivity index (χ4v) is 1.89. The summed E-state index contributed by atoms with van der Waals surface area (Å²) in [6, 6.07) is 4.96. The molecule has 1 saturated carbocycles. The molecule has 1 aliphatic rings. The van der Waals surface area contributed by atoms with Gasteiger partial charge in [0.25, 0.3) is 0 Å². The molecule has 20 heavy (non-hydrogen) atoms. The Morgan fingerprint density at radius 2 is 2.00 bits per heavy atom. The zero-order valence-electron chi connectivity index (χ0n) is 10.7. The average molecular weight is 289 g/mol. The molecule has 110 valence electrons. The van der Waals surface area contributed by atoms with Crippen LogP contribution in [0.4, 0.5) is 18.9 Å². The van der Waals surface area contributed by atoms with E-state index in [1.807, 2.05) is 0 Å². The molecule has 4 nitrogen and oxygen atoms in total. The van der Waals surface area contributed by atoms with Gasteiger partial charge in [0.05, 0.1) is 12.8 Å². The van der Waals surface area contributed by atoms with E-state index in [2.05, 4.69) is 14.8 Å². The smallest absolute Gasteiger partial charge is 0.467 e. The largest absolute Gasteiger partial charge is 0.573 e. The third kappa shape index (κ3) is 3.79. The Hall–Kier alpha value is -1.92. The predicted molar refractivity (Wildman–Crippen MR) is 65.3 cm³/mol. The minimum Gasteiger partial charge on any atom is -0.467 e. The molecule has 0 spiro atoms. The highest BCUT2D eigenvalue weighted by atomic mass is 19.4. The third-order valence-corrected chi connectivity index (χ3v) is 2.97. The van der Waals surface area contributed by atoms with Crippen LogP contribution < -0.4 is 10.1 Å². The first-order valence-corrected chi connectivity index (χ1v) is 6.10. The normalized spacial score (nSPS) is 16.4. The SMILES string of the molecule is COC(=O)C(Nc1ccccc1OC(F)(F)F)C1CC1. The molecule has 1 aliphatic carbocycles. The zero-order valence-corrected chi connectivity index (χ0v) is 10.7. The Kier molecular flexibility index (Phi) is 4.06. The van der Waals surface area contributed by atoms with Crippen molar-refractivity contribution >= 4 is 11.7 Å². The monoisotopic (exact) mass is 289 g/mol. The number of para-hydroxylation sites is 2. The van der Waals surface area contributed by atoms with Crippen molar-refractivity contribution in [1.82, 2.24) is 0 Å². The van der Waals surface area contributed by atoms with E-state index < -0.39 is 18.4 Å². The van der Waals surface area contributed by atoms with Gasteiger partial charge in [0.2, 0.25) is 0 Å². The molecule has 0 amide bonds. The molecule has 1 fully saturated rings. The maximum absolute atomic E-state index is 12.3. The van der Waals surface area contributed by atoms with Crippen LogP contribution >= 0.6 is 0 Å². The highest BCUT2D eigenvalue weighted by Gasteiger charge is 2.38. The minimum atomic E-state index is -4.78. The van der Waals surface area contributed by atoms with Crippen molar-refractivity contribution in [3.63, 3.8) is 0 Å². The fraction of sp³-hybridized carbons (Fsp3) is 0.462. The summed E-state index contributed by atoms with van der Waals surface area (Å²) < 4.78 is 45.5. The van der Waals surface area contributed by atoms with Gasteiger partial charge in [0.1, 0.15) is 6.04 Å². The Morgan fingerprint density at radius 1 is 1.35 bits per heavy atom. The van der Waals surface area contributed by atoms with Gasteiger partial charge in [-0.15, -0.1) is 13.2 Å². The lowest BCUT2D eigenvalue weighted by molar-refractivity contribution is -0.274. The van der Waals surface area contributed by atoms with Gasteiger partial charge in [0.15, 0.2) is 5.75 Å². The standard InChI is InChI=1S/C13H14F3NO3/c1-19-12(18)11(8-6-7-8)17-9-4-2-3-5-10(9)20-13(14,15)16/h2-5,8,11,17H,6-7H2,1H3. The first-order valence-electron chi connectivity index (χ1n) is 6.10. The molecule has 0 aromatic heterocycles. The molecule has 2 rings (SSSR count). The Morgan fingerprint density at radius 3 is 2.55 bits per heavy atom. The van der Waals surface area contributed by atoms with Gasteiger partial charge in [-0.3, -0.25) is 0 Å². The van der Waals surface area contributed by atoms with Crippen molar-refractivity contribution in [1.29, 1.82) is 0 Å². The van der Waals surface area contributed by atoms with E-state index in [0.29, 0.717) is 0 Å². The number of nitrogens with one attached hydrogen (secondary N) is 1. The molecule has 1 aromatic rings. The number of rotatable bonds is 5. The molecule has 1 unspecified atom stereocenters. The summed E-state index contributed by atoms with van der Waals surface area (Å²) in [6.45, 7) is 0. The number of esters is 1. The van der Waals surface area contributed by atoms with Gasteiger partial charge < -0.3 is 14.8 Å². The number of ether oxygens (including phenoxy) is 2. The van der Waals surface area contributed by atoms with Crippen molar-refractivity contribution in [2.75, 3.05) is 12.4 Å². The number of alkyl halides is 3. The lowest BCUT2D eigenvalue weighted by atomic mass is 10.1. The van der Waals surface area contributed by atoms with Crippen molar-refractivity contribution in [2.45, 2.75) is 25.2 Å². The number of halogens is 3. The van der Waals surface area contributed by atoms with Crippen molar-refractivity contribution in [3.05, 3.63) is 24.3 Å². The summed E-state index contributed by atoms with van der Waals surface area (Å²) >= 11 is 0.